The minimum absolute atomic E-state index is 0.0610. The van der Waals surface area contributed by atoms with Gasteiger partial charge in [-0.2, -0.15) is 0 Å². The molecular formula is C32H65NO8P+. The molecule has 0 aliphatic rings. The molecule has 4 N–H and O–H groups in total. The average molecular weight is 623 g/mol. The first-order chi connectivity index (χ1) is 20.0. The number of carbonyl (C=O) groups is 1. The number of unbranched alkanes of at least 4 members (excludes halogenated alkanes) is 13. The normalized spacial score (nSPS) is 15.3. The van der Waals surface area contributed by atoms with E-state index in [1.165, 1.54) is 57.8 Å². The zero-order valence-corrected chi connectivity index (χ0v) is 28.2. The van der Waals surface area contributed by atoms with Crippen molar-refractivity contribution in [3.8, 4) is 0 Å². The molecule has 0 spiro atoms. The third-order valence-corrected chi connectivity index (χ3v) is 9.90. The molecule has 0 radical (unpaired) electrons. The Morgan fingerprint density at radius 3 is 1.86 bits per heavy atom. The molecule has 250 valence electrons. The maximum Gasteiger partial charge on any atom is 0.385 e. The lowest BCUT2D eigenvalue weighted by Gasteiger charge is -2.39. The molecule has 3 atom stereocenters. The molecule has 10 heteroatoms. The number of aliphatic hydroxyl groups is 3. The van der Waals surface area contributed by atoms with E-state index in [-0.39, 0.29) is 30.5 Å². The summed E-state index contributed by atoms with van der Waals surface area (Å²) in [5.74, 6) is -1.19. The molecule has 0 rings (SSSR count). The fourth-order valence-corrected chi connectivity index (χ4v) is 6.98. The summed E-state index contributed by atoms with van der Waals surface area (Å²) in [5.41, 5.74) is 0. The molecule has 0 aromatic rings. The summed E-state index contributed by atoms with van der Waals surface area (Å²) in [6.07, 6.45) is 20.7. The molecule has 0 amide bonds. The van der Waals surface area contributed by atoms with Gasteiger partial charge in [-0.3, -0.25) is 9.36 Å². The van der Waals surface area contributed by atoms with Crippen LogP contribution in [0.3, 0.4) is 0 Å². The van der Waals surface area contributed by atoms with Crippen molar-refractivity contribution in [1.82, 2.24) is 0 Å². The molecule has 0 fully saturated rings. The van der Waals surface area contributed by atoms with E-state index in [9.17, 15) is 29.6 Å². The second kappa shape index (κ2) is 25.5. The summed E-state index contributed by atoms with van der Waals surface area (Å²) in [5, 5.41) is 28.8. The number of carbonyl (C=O) groups excluding carboxylic acids is 1. The lowest BCUT2D eigenvalue weighted by atomic mass is 10.1. The van der Waals surface area contributed by atoms with E-state index in [0.717, 1.165) is 38.5 Å². The highest BCUT2D eigenvalue weighted by atomic mass is 31.2. The topological polar surface area (TPSA) is 134 Å². The lowest BCUT2D eigenvalue weighted by Crippen LogP contribution is -2.50. The van der Waals surface area contributed by atoms with Crippen molar-refractivity contribution in [2.75, 3.05) is 33.9 Å². The van der Waals surface area contributed by atoms with Gasteiger partial charge in [0.1, 0.15) is 12.7 Å². The van der Waals surface area contributed by atoms with Crippen LogP contribution in [0.2, 0.25) is 0 Å². The predicted molar refractivity (Wildman–Crippen MR) is 170 cm³/mol. The molecule has 0 aliphatic carbocycles. The number of aliphatic hydroxyl groups excluding tert-OH is 2. The quantitative estimate of drug-likeness (QED) is 0.0179. The summed E-state index contributed by atoms with van der Waals surface area (Å²) in [6.45, 7) is 3.83. The van der Waals surface area contributed by atoms with Gasteiger partial charge in [-0.05, 0) is 38.5 Å². The van der Waals surface area contributed by atoms with Crippen LogP contribution in [-0.2, 0) is 18.6 Å². The van der Waals surface area contributed by atoms with Crippen molar-refractivity contribution >= 4 is 13.6 Å². The summed E-state index contributed by atoms with van der Waals surface area (Å²) >= 11 is 0. The van der Waals surface area contributed by atoms with E-state index < -0.39 is 38.3 Å². The van der Waals surface area contributed by atoms with Gasteiger partial charge in [-0.25, -0.2) is 0 Å². The smallest absolute Gasteiger partial charge is 0.385 e. The molecule has 0 aromatic carbocycles. The Morgan fingerprint density at radius 1 is 0.762 bits per heavy atom. The number of rotatable bonds is 29. The van der Waals surface area contributed by atoms with Crippen molar-refractivity contribution in [2.45, 2.75) is 154 Å². The van der Waals surface area contributed by atoms with Gasteiger partial charge in [0.15, 0.2) is 12.1 Å². The Balaban J connectivity index is 4.18. The molecule has 0 saturated carbocycles. The van der Waals surface area contributed by atoms with Crippen LogP contribution >= 0.6 is 7.60 Å². The summed E-state index contributed by atoms with van der Waals surface area (Å²) in [7, 11) is -0.648. The highest BCUT2D eigenvalue weighted by Crippen LogP contribution is 2.52. The van der Waals surface area contributed by atoms with E-state index in [0.29, 0.717) is 12.8 Å². The van der Waals surface area contributed by atoms with Crippen molar-refractivity contribution < 1.29 is 43.3 Å². The minimum atomic E-state index is -4.17. The molecule has 42 heavy (non-hydrogen) atoms. The second-order valence-corrected chi connectivity index (χ2v) is 14.3. The monoisotopic (exact) mass is 622 g/mol. The van der Waals surface area contributed by atoms with E-state index in [1.54, 1.807) is 14.1 Å². The molecule has 0 bridgehead atoms. The van der Waals surface area contributed by atoms with E-state index in [2.05, 4.69) is 19.1 Å². The number of hydrogen-bond acceptors (Lipinski definition) is 7. The number of ether oxygens (including phenoxy) is 1. The Bertz CT molecular complexity index is 731. The molecule has 0 aromatic heterocycles. The molecule has 9 nitrogen and oxygen atoms in total. The maximum absolute atomic E-state index is 13.2. The van der Waals surface area contributed by atoms with Crippen molar-refractivity contribution in [2.24, 2.45) is 0 Å². The highest BCUT2D eigenvalue weighted by Gasteiger charge is 2.44. The Kier molecular flexibility index (Phi) is 25.0. The largest absolute Gasteiger partial charge is 0.463 e. The first-order valence-electron chi connectivity index (χ1n) is 16.6. The maximum atomic E-state index is 13.2. The standard InChI is InChI=1S/C32H64NO8P/c1-5-7-9-10-11-12-13-14-15-16-17-18-19-20-22-24-32(37)40-27-29(34)28-41-42(38,39)30(23-21-8-6-2)33(3,4)26-25-31(35)36/h17-18,29-31,34-36H,5-16,19-28H2,1-4H3/p+1/b18-17-/t29-,30?/m1/s1. The minimum Gasteiger partial charge on any atom is -0.463 e. The summed E-state index contributed by atoms with van der Waals surface area (Å²) in [6, 6.07) is 0. The SMILES string of the molecule is CCCCCCCCCCC/C=C\CCCCC(=O)OC[C@@H](O)COP(=O)(O)C(CCCCC)[N+](C)(C)CCC(O)O. The van der Waals surface area contributed by atoms with Crippen LogP contribution in [0.5, 0.6) is 0 Å². The molecule has 0 aliphatic heterocycles. The number of hydrogen-bond donors (Lipinski definition) is 4. The van der Waals surface area contributed by atoms with Crippen LogP contribution in [0.1, 0.15) is 136 Å². The van der Waals surface area contributed by atoms with Gasteiger partial charge in [0.05, 0.1) is 27.2 Å². The van der Waals surface area contributed by atoms with Crippen LogP contribution in [-0.4, -0.2) is 82.7 Å². The fraction of sp³-hybridized carbons (Fsp3) is 0.906. The number of quaternary nitrogens is 1. The van der Waals surface area contributed by atoms with Gasteiger partial charge in [-0.15, -0.1) is 0 Å². The number of allylic oxidation sites excluding steroid dienone is 2. The van der Waals surface area contributed by atoms with E-state index in [4.69, 9.17) is 9.26 Å². The van der Waals surface area contributed by atoms with Crippen LogP contribution in [0.25, 0.3) is 0 Å². The van der Waals surface area contributed by atoms with Crippen LogP contribution in [0.15, 0.2) is 12.2 Å². The molecule has 0 saturated heterocycles. The predicted octanol–water partition coefficient (Wildman–Crippen LogP) is 6.81. The van der Waals surface area contributed by atoms with Gasteiger partial charge in [0.25, 0.3) is 0 Å². The van der Waals surface area contributed by atoms with Crippen LogP contribution in [0.4, 0.5) is 0 Å². The lowest BCUT2D eigenvalue weighted by molar-refractivity contribution is -0.904. The Labute approximate surface area is 256 Å². The third kappa shape index (κ3) is 22.7. The second-order valence-electron chi connectivity index (χ2n) is 12.3. The summed E-state index contributed by atoms with van der Waals surface area (Å²) < 4.78 is 23.7. The zero-order chi connectivity index (χ0) is 31.7. The summed E-state index contributed by atoms with van der Waals surface area (Å²) in [4.78, 5) is 22.8. The van der Waals surface area contributed by atoms with Gasteiger partial charge < -0.3 is 34.0 Å². The fourth-order valence-electron chi connectivity index (χ4n) is 5.01. The van der Waals surface area contributed by atoms with Crippen molar-refractivity contribution in [1.29, 1.82) is 0 Å². The van der Waals surface area contributed by atoms with Crippen LogP contribution in [0, 0.1) is 0 Å². The first kappa shape index (κ1) is 41.2. The number of esters is 1. The van der Waals surface area contributed by atoms with Crippen molar-refractivity contribution in [3.05, 3.63) is 12.2 Å². The van der Waals surface area contributed by atoms with Gasteiger partial charge >= 0.3 is 13.6 Å². The highest BCUT2D eigenvalue weighted by molar-refractivity contribution is 7.53. The van der Waals surface area contributed by atoms with Crippen molar-refractivity contribution in [3.63, 3.8) is 0 Å². The van der Waals surface area contributed by atoms with E-state index >= 15 is 0 Å². The molecule has 2 unspecified atom stereocenters. The number of nitrogens with zero attached hydrogens (tertiary/aromatic N) is 1. The molecule has 0 heterocycles. The molecular weight excluding hydrogens is 557 g/mol. The van der Waals surface area contributed by atoms with Gasteiger partial charge in [-0.1, -0.05) is 90.2 Å². The average Bonchev–Trinajstić information content (AvgIpc) is 2.94. The van der Waals surface area contributed by atoms with Gasteiger partial charge in [0, 0.05) is 19.3 Å². The first-order valence-corrected chi connectivity index (χ1v) is 18.2. The zero-order valence-electron chi connectivity index (χ0n) is 27.3. The Hall–Kier alpha value is -0.800. The van der Waals surface area contributed by atoms with Crippen LogP contribution < -0.4 is 0 Å². The Morgan fingerprint density at radius 2 is 1.29 bits per heavy atom. The van der Waals surface area contributed by atoms with Gasteiger partial charge in [0.2, 0.25) is 0 Å². The van der Waals surface area contributed by atoms with E-state index in [1.807, 2.05) is 6.92 Å². The third-order valence-electron chi connectivity index (χ3n) is 7.74.